The van der Waals surface area contributed by atoms with Gasteiger partial charge in [-0.05, 0) is 0 Å². The Bertz CT molecular complexity index is 205. The van der Waals surface area contributed by atoms with Gasteiger partial charge in [-0.15, -0.1) is 0 Å². The molecule has 0 amide bonds. The number of rotatable bonds is 3. The Labute approximate surface area is 62.3 Å². The van der Waals surface area contributed by atoms with Gasteiger partial charge < -0.3 is 4.74 Å². The quantitative estimate of drug-likeness (QED) is 0.233. The molecular weight excluding hydrogens is 152 g/mol. The molecule has 0 fully saturated rings. The first-order valence-corrected chi connectivity index (χ1v) is 2.86. The summed E-state index contributed by atoms with van der Waals surface area (Å²) in [4.78, 5) is 40.5. The van der Waals surface area contributed by atoms with E-state index in [1.54, 1.807) is 0 Å². The van der Waals surface area contributed by atoms with Crippen molar-refractivity contribution in [3.63, 3.8) is 0 Å². The molecule has 0 saturated carbocycles. The van der Waals surface area contributed by atoms with Gasteiger partial charge in [-0.25, -0.2) is 9.59 Å². The largest absolute Gasteiger partial charge is 0.382 e. The summed E-state index contributed by atoms with van der Waals surface area (Å²) in [7, 11) is 0. The Kier molecular flexibility index (Phi) is 3.72. The van der Waals surface area contributed by atoms with Crippen molar-refractivity contribution in [2.24, 2.45) is 0 Å². The van der Waals surface area contributed by atoms with Crippen LogP contribution in [0.5, 0.6) is 0 Å². The lowest BCUT2D eigenvalue weighted by Crippen LogP contribution is -2.20. The second kappa shape index (κ2) is 4.32. The van der Waals surface area contributed by atoms with Crippen LogP contribution in [0.1, 0.15) is 13.3 Å². The number of esters is 2. The van der Waals surface area contributed by atoms with Gasteiger partial charge in [-0.3, -0.25) is 9.59 Å². The molecular formula is C6H6O5. The number of carbonyl (C=O) groups excluding carboxylic acids is 4. The van der Waals surface area contributed by atoms with Crippen LogP contribution in [0.4, 0.5) is 0 Å². The van der Waals surface area contributed by atoms with Gasteiger partial charge in [0.15, 0.2) is 0 Å². The Morgan fingerprint density at radius 1 is 1.36 bits per heavy atom. The molecule has 5 nitrogen and oxygen atoms in total. The third-order valence-corrected chi connectivity index (χ3v) is 0.838. The fourth-order valence-corrected chi connectivity index (χ4v) is 0.317. The highest BCUT2D eigenvalue weighted by atomic mass is 16.6. The van der Waals surface area contributed by atoms with Crippen LogP contribution in [0.15, 0.2) is 0 Å². The van der Waals surface area contributed by atoms with E-state index < -0.39 is 17.7 Å². The van der Waals surface area contributed by atoms with Crippen molar-refractivity contribution in [2.45, 2.75) is 13.3 Å². The number of ketones is 1. The van der Waals surface area contributed by atoms with Crippen molar-refractivity contribution in [1.82, 2.24) is 0 Å². The van der Waals surface area contributed by atoms with Crippen molar-refractivity contribution in [3.05, 3.63) is 0 Å². The van der Waals surface area contributed by atoms with Gasteiger partial charge in [0.25, 0.3) is 0 Å². The number of hydrogen-bond acceptors (Lipinski definition) is 5. The normalized spacial score (nSPS) is 8.45. The Hall–Kier alpha value is -1.52. The van der Waals surface area contributed by atoms with Crippen molar-refractivity contribution < 1.29 is 23.9 Å². The summed E-state index contributed by atoms with van der Waals surface area (Å²) in [5.41, 5.74) is 0. The van der Waals surface area contributed by atoms with Gasteiger partial charge in [0.2, 0.25) is 12.1 Å². The van der Waals surface area contributed by atoms with Crippen LogP contribution >= 0.6 is 0 Å². The minimum absolute atomic E-state index is 0.0506. The number of Topliss-reactive ketones (excluding diaryl/α,β-unsaturated/α-hetero) is 1. The van der Waals surface area contributed by atoms with E-state index in [1.165, 1.54) is 6.92 Å². The SMILES string of the molecule is CCC(=O)C(=O)OC(=O)C=O. The van der Waals surface area contributed by atoms with Crippen LogP contribution in [0.2, 0.25) is 0 Å². The lowest BCUT2D eigenvalue weighted by molar-refractivity contribution is -0.165. The third-order valence-electron chi connectivity index (χ3n) is 0.838. The lowest BCUT2D eigenvalue weighted by Gasteiger charge is -1.93. The van der Waals surface area contributed by atoms with Gasteiger partial charge in [0.1, 0.15) is 0 Å². The monoisotopic (exact) mass is 158 g/mol. The predicted molar refractivity (Wildman–Crippen MR) is 32.5 cm³/mol. The summed E-state index contributed by atoms with van der Waals surface area (Å²) in [6.07, 6.45) is -0.230. The van der Waals surface area contributed by atoms with Crippen LogP contribution in [-0.4, -0.2) is 24.0 Å². The summed E-state index contributed by atoms with van der Waals surface area (Å²) in [6, 6.07) is 0. The molecule has 5 heteroatoms. The van der Waals surface area contributed by atoms with Crippen LogP contribution in [0, 0.1) is 0 Å². The maximum atomic E-state index is 10.4. The first-order valence-electron chi connectivity index (χ1n) is 2.86. The smallest absolute Gasteiger partial charge is 0.382 e. The van der Waals surface area contributed by atoms with Crippen LogP contribution in [-0.2, 0) is 23.9 Å². The molecule has 0 spiro atoms. The van der Waals surface area contributed by atoms with Crippen molar-refractivity contribution in [3.8, 4) is 0 Å². The molecule has 0 heterocycles. The molecule has 0 rings (SSSR count). The average molecular weight is 158 g/mol. The van der Waals surface area contributed by atoms with Crippen molar-refractivity contribution in [1.29, 1.82) is 0 Å². The fourth-order valence-electron chi connectivity index (χ4n) is 0.317. The predicted octanol–water partition coefficient (Wildman–Crippen LogP) is -0.766. The van der Waals surface area contributed by atoms with Crippen LogP contribution in [0.25, 0.3) is 0 Å². The van der Waals surface area contributed by atoms with E-state index in [0.29, 0.717) is 0 Å². The van der Waals surface area contributed by atoms with E-state index in [2.05, 4.69) is 4.74 Å². The topological polar surface area (TPSA) is 77.5 Å². The third kappa shape index (κ3) is 3.24. The average Bonchev–Trinajstić information content (AvgIpc) is 2.02. The highest BCUT2D eigenvalue weighted by Gasteiger charge is 2.16. The van der Waals surface area contributed by atoms with E-state index in [0.717, 1.165) is 0 Å². The van der Waals surface area contributed by atoms with Crippen molar-refractivity contribution >= 4 is 24.0 Å². The van der Waals surface area contributed by atoms with Gasteiger partial charge in [0.05, 0.1) is 0 Å². The first kappa shape index (κ1) is 9.48. The maximum absolute atomic E-state index is 10.4. The summed E-state index contributed by atoms with van der Waals surface area (Å²) in [5, 5.41) is 0. The van der Waals surface area contributed by atoms with E-state index in [4.69, 9.17) is 0 Å². The van der Waals surface area contributed by atoms with Crippen LogP contribution in [0.3, 0.4) is 0 Å². The molecule has 11 heavy (non-hydrogen) atoms. The van der Waals surface area contributed by atoms with Crippen molar-refractivity contribution in [2.75, 3.05) is 0 Å². The van der Waals surface area contributed by atoms with E-state index >= 15 is 0 Å². The van der Waals surface area contributed by atoms with Gasteiger partial charge in [-0.1, -0.05) is 6.92 Å². The maximum Gasteiger partial charge on any atom is 0.382 e. The molecule has 0 aliphatic carbocycles. The molecule has 0 aliphatic heterocycles. The molecule has 0 aromatic carbocycles. The molecule has 0 saturated heterocycles. The summed E-state index contributed by atoms with van der Waals surface area (Å²) < 4.78 is 3.76. The number of carbonyl (C=O) groups is 4. The minimum Gasteiger partial charge on any atom is -0.382 e. The Balaban J connectivity index is 3.97. The summed E-state index contributed by atoms with van der Waals surface area (Å²) in [6.45, 7) is 1.44. The standard InChI is InChI=1S/C6H6O5/c1-2-4(8)6(10)11-5(9)3-7/h3H,2H2,1H3. The second-order valence-corrected chi connectivity index (χ2v) is 1.60. The molecule has 0 N–H and O–H groups in total. The molecule has 0 bridgehead atoms. The molecule has 0 aromatic rings. The zero-order valence-corrected chi connectivity index (χ0v) is 5.83. The van der Waals surface area contributed by atoms with Gasteiger partial charge in [-0.2, -0.15) is 0 Å². The number of aldehydes is 1. The van der Waals surface area contributed by atoms with E-state index in [9.17, 15) is 19.2 Å². The zero-order valence-electron chi connectivity index (χ0n) is 5.83. The Morgan fingerprint density at radius 2 is 1.91 bits per heavy atom. The highest BCUT2D eigenvalue weighted by Crippen LogP contribution is 1.85. The molecule has 0 aromatic heterocycles. The highest BCUT2D eigenvalue weighted by molar-refractivity contribution is 6.38. The molecule has 0 aliphatic rings. The Morgan fingerprint density at radius 3 is 2.27 bits per heavy atom. The number of ether oxygens (including phenoxy) is 1. The second-order valence-electron chi connectivity index (χ2n) is 1.60. The molecule has 0 atom stereocenters. The number of hydrogen-bond donors (Lipinski definition) is 0. The first-order chi connectivity index (χ1) is 5.11. The van der Waals surface area contributed by atoms with Crippen LogP contribution < -0.4 is 0 Å². The van der Waals surface area contributed by atoms with E-state index in [-0.39, 0.29) is 12.7 Å². The molecule has 60 valence electrons. The summed E-state index contributed by atoms with van der Waals surface area (Å²) in [5.74, 6) is -3.47. The lowest BCUT2D eigenvalue weighted by atomic mass is 10.3. The zero-order chi connectivity index (χ0) is 8.85. The molecule has 0 radical (unpaired) electrons. The fraction of sp³-hybridized carbons (Fsp3) is 0.333. The van der Waals surface area contributed by atoms with E-state index in [1.807, 2.05) is 0 Å². The van der Waals surface area contributed by atoms with Gasteiger partial charge >= 0.3 is 11.9 Å². The summed E-state index contributed by atoms with van der Waals surface area (Å²) >= 11 is 0. The molecule has 0 unspecified atom stereocenters. The minimum atomic E-state index is -1.35. The van der Waals surface area contributed by atoms with Gasteiger partial charge in [0, 0.05) is 6.42 Å².